The van der Waals surface area contributed by atoms with E-state index in [1.807, 2.05) is 12.1 Å². The summed E-state index contributed by atoms with van der Waals surface area (Å²) in [5.41, 5.74) is 3.51. The largest absolute Gasteiger partial charge is 0.410 e. The normalized spacial score (nSPS) is 13.7. The Labute approximate surface area is 177 Å². The molecular formula is C21H27BrCl2OSi. The molecule has 0 spiro atoms. The van der Waals surface area contributed by atoms with Crippen LogP contribution in [-0.2, 0) is 16.2 Å². The zero-order valence-electron chi connectivity index (χ0n) is 16.1. The topological polar surface area (TPSA) is 9.23 Å². The first-order valence-corrected chi connectivity index (χ1v) is 13.6. The molecule has 0 bridgehead atoms. The van der Waals surface area contributed by atoms with Crippen molar-refractivity contribution in [3.63, 3.8) is 0 Å². The lowest BCUT2D eigenvalue weighted by Gasteiger charge is -2.39. The van der Waals surface area contributed by atoms with E-state index in [0.29, 0.717) is 10.0 Å². The summed E-state index contributed by atoms with van der Waals surface area (Å²) in [4.78, 5) is 0. The van der Waals surface area contributed by atoms with Gasteiger partial charge in [0.15, 0.2) is 8.32 Å². The van der Waals surface area contributed by atoms with Crippen LogP contribution in [0.2, 0.25) is 28.2 Å². The number of rotatable bonds is 6. The van der Waals surface area contributed by atoms with Crippen LogP contribution >= 0.6 is 39.1 Å². The van der Waals surface area contributed by atoms with Gasteiger partial charge in [0.05, 0.1) is 6.10 Å². The summed E-state index contributed by atoms with van der Waals surface area (Å²) in [5, 5.41) is 2.30. The molecule has 0 N–H and O–H groups in total. The second-order valence-corrected chi connectivity index (χ2v) is 14.3. The van der Waals surface area contributed by atoms with Gasteiger partial charge >= 0.3 is 0 Å². The summed E-state index contributed by atoms with van der Waals surface area (Å²) in [6.07, 6.45) is 0.701. The van der Waals surface area contributed by atoms with Gasteiger partial charge in [-0.1, -0.05) is 90.2 Å². The minimum atomic E-state index is -1.96. The molecule has 2 aromatic carbocycles. The first-order valence-electron chi connectivity index (χ1n) is 8.80. The quantitative estimate of drug-likeness (QED) is 0.303. The Hall–Kier alpha value is -0.323. The van der Waals surface area contributed by atoms with E-state index in [1.165, 1.54) is 11.1 Å². The smallest absolute Gasteiger partial charge is 0.192 e. The van der Waals surface area contributed by atoms with Crippen LogP contribution in [0.3, 0.4) is 0 Å². The average Bonchev–Trinajstić information content (AvgIpc) is 2.53. The Bertz CT molecular complexity index is 739. The molecule has 2 aromatic rings. The van der Waals surface area contributed by atoms with E-state index in [2.05, 4.69) is 74.1 Å². The van der Waals surface area contributed by atoms with Gasteiger partial charge in [0.25, 0.3) is 0 Å². The van der Waals surface area contributed by atoms with E-state index < -0.39 is 8.32 Å². The van der Waals surface area contributed by atoms with Crippen molar-refractivity contribution in [3.8, 4) is 0 Å². The van der Waals surface area contributed by atoms with Crippen molar-refractivity contribution in [2.45, 2.75) is 56.8 Å². The maximum absolute atomic E-state index is 6.77. The maximum atomic E-state index is 6.77. The average molecular weight is 474 g/mol. The van der Waals surface area contributed by atoms with Gasteiger partial charge < -0.3 is 4.43 Å². The third-order valence-electron chi connectivity index (χ3n) is 5.15. The van der Waals surface area contributed by atoms with Crippen LogP contribution in [0.4, 0.5) is 0 Å². The molecule has 0 aliphatic carbocycles. The number of hydrogen-bond acceptors (Lipinski definition) is 1. The summed E-state index contributed by atoms with van der Waals surface area (Å²) < 4.78 is 6.77. The van der Waals surface area contributed by atoms with Gasteiger partial charge in [0, 0.05) is 21.8 Å². The van der Waals surface area contributed by atoms with Crippen LogP contribution in [0.1, 0.15) is 43.6 Å². The SMILES string of the molecule is CC(C)(C)[Si](C)(C)OC(Cc1ccc(CBr)cc1)c1ccc(Cl)cc1Cl. The van der Waals surface area contributed by atoms with Crippen molar-refractivity contribution in [1.82, 2.24) is 0 Å². The Morgan fingerprint density at radius 1 is 1.00 bits per heavy atom. The van der Waals surface area contributed by atoms with E-state index in [0.717, 1.165) is 17.3 Å². The second kappa shape index (κ2) is 8.79. The van der Waals surface area contributed by atoms with E-state index in [9.17, 15) is 0 Å². The van der Waals surface area contributed by atoms with E-state index in [-0.39, 0.29) is 11.1 Å². The van der Waals surface area contributed by atoms with Crippen molar-refractivity contribution >= 4 is 47.4 Å². The van der Waals surface area contributed by atoms with Crippen molar-refractivity contribution in [1.29, 1.82) is 0 Å². The maximum Gasteiger partial charge on any atom is 0.192 e. The monoisotopic (exact) mass is 472 g/mol. The summed E-state index contributed by atoms with van der Waals surface area (Å²) >= 11 is 16.1. The second-order valence-electron chi connectivity index (χ2n) is 8.19. The highest BCUT2D eigenvalue weighted by Gasteiger charge is 2.39. The first-order chi connectivity index (χ1) is 12.0. The molecule has 26 heavy (non-hydrogen) atoms. The number of benzene rings is 2. The van der Waals surface area contributed by atoms with Crippen LogP contribution in [0, 0.1) is 0 Å². The minimum Gasteiger partial charge on any atom is -0.410 e. The predicted molar refractivity (Wildman–Crippen MR) is 120 cm³/mol. The van der Waals surface area contributed by atoms with Gasteiger partial charge in [-0.2, -0.15) is 0 Å². The molecule has 0 radical (unpaired) electrons. The fourth-order valence-corrected chi connectivity index (χ4v) is 4.67. The molecule has 1 atom stereocenters. The molecule has 0 aliphatic rings. The highest BCUT2D eigenvalue weighted by atomic mass is 79.9. The molecular weight excluding hydrogens is 447 g/mol. The van der Waals surface area contributed by atoms with Crippen LogP contribution in [-0.4, -0.2) is 8.32 Å². The van der Waals surface area contributed by atoms with Gasteiger partial charge in [-0.05, 0) is 47.0 Å². The summed E-state index contributed by atoms with van der Waals surface area (Å²) in [5.74, 6) is 0. The van der Waals surface area contributed by atoms with Gasteiger partial charge in [-0.15, -0.1) is 0 Å². The molecule has 142 valence electrons. The van der Waals surface area contributed by atoms with Gasteiger partial charge in [-0.25, -0.2) is 0 Å². The molecule has 0 fully saturated rings. The minimum absolute atomic E-state index is 0.0875. The zero-order valence-corrected chi connectivity index (χ0v) is 20.2. The third kappa shape index (κ3) is 5.59. The molecule has 2 rings (SSSR count). The number of halogens is 3. The Kier molecular flexibility index (Phi) is 7.43. The van der Waals surface area contributed by atoms with Gasteiger partial charge in [0.1, 0.15) is 0 Å². The lowest BCUT2D eigenvalue weighted by Crippen LogP contribution is -2.42. The van der Waals surface area contributed by atoms with Crippen LogP contribution in [0.15, 0.2) is 42.5 Å². The van der Waals surface area contributed by atoms with Gasteiger partial charge in [0.2, 0.25) is 0 Å². The summed E-state index contributed by atoms with van der Waals surface area (Å²) in [7, 11) is -1.96. The number of hydrogen-bond donors (Lipinski definition) is 0. The Morgan fingerprint density at radius 3 is 2.08 bits per heavy atom. The van der Waals surface area contributed by atoms with Crippen LogP contribution < -0.4 is 0 Å². The van der Waals surface area contributed by atoms with E-state index in [1.54, 1.807) is 6.07 Å². The Morgan fingerprint density at radius 2 is 1.58 bits per heavy atom. The lowest BCUT2D eigenvalue weighted by atomic mass is 10.0. The lowest BCUT2D eigenvalue weighted by molar-refractivity contribution is 0.184. The molecule has 0 saturated heterocycles. The highest BCUT2D eigenvalue weighted by Crippen LogP contribution is 2.42. The summed E-state index contributed by atoms with van der Waals surface area (Å²) in [6.45, 7) is 11.3. The van der Waals surface area contributed by atoms with E-state index in [4.69, 9.17) is 27.6 Å². The Balaban J connectivity index is 2.37. The molecule has 1 nitrogen and oxygen atoms in total. The molecule has 0 amide bonds. The van der Waals surface area contributed by atoms with Crippen LogP contribution in [0.5, 0.6) is 0 Å². The molecule has 0 heterocycles. The molecule has 5 heteroatoms. The van der Waals surface area contributed by atoms with Crippen molar-refractivity contribution in [2.75, 3.05) is 0 Å². The van der Waals surface area contributed by atoms with Crippen molar-refractivity contribution in [3.05, 3.63) is 69.2 Å². The first kappa shape index (κ1) is 22.0. The third-order valence-corrected chi connectivity index (χ3v) is 10.8. The van der Waals surface area contributed by atoms with Crippen LogP contribution in [0.25, 0.3) is 0 Å². The van der Waals surface area contributed by atoms with Crippen molar-refractivity contribution in [2.24, 2.45) is 0 Å². The fraction of sp³-hybridized carbons (Fsp3) is 0.429. The molecule has 0 saturated carbocycles. The standard InChI is InChI=1S/C21H27BrCl2OSi/c1-21(2,3)26(4,5)25-20(18-11-10-17(23)13-19(18)24)12-15-6-8-16(14-22)9-7-15/h6-11,13,20H,12,14H2,1-5H3. The molecule has 0 aromatic heterocycles. The van der Waals surface area contributed by atoms with Crippen molar-refractivity contribution < 1.29 is 4.43 Å². The summed E-state index contributed by atoms with van der Waals surface area (Å²) in [6, 6.07) is 14.3. The highest BCUT2D eigenvalue weighted by molar-refractivity contribution is 9.08. The van der Waals surface area contributed by atoms with Gasteiger partial charge in [-0.3, -0.25) is 0 Å². The predicted octanol–water partition coefficient (Wildman–Crippen LogP) is 8.19. The number of alkyl halides is 1. The van der Waals surface area contributed by atoms with E-state index >= 15 is 0 Å². The molecule has 0 aliphatic heterocycles. The molecule has 1 unspecified atom stereocenters. The fourth-order valence-electron chi connectivity index (χ4n) is 2.49. The zero-order chi connectivity index (χ0) is 19.5.